The van der Waals surface area contributed by atoms with Crippen molar-refractivity contribution in [3.05, 3.63) is 58.0 Å². The highest BCUT2D eigenvalue weighted by molar-refractivity contribution is 7.19. The van der Waals surface area contributed by atoms with Crippen LogP contribution in [0.25, 0.3) is 15.9 Å². The second-order valence-corrected chi connectivity index (χ2v) is 10.4. The van der Waals surface area contributed by atoms with Gasteiger partial charge in [0, 0.05) is 16.0 Å². The zero-order chi connectivity index (χ0) is 21.8. The molecule has 0 atom stereocenters. The van der Waals surface area contributed by atoms with Gasteiger partial charge >= 0.3 is 0 Å². The second kappa shape index (κ2) is 7.10. The summed E-state index contributed by atoms with van der Waals surface area (Å²) in [6, 6.07) is 8.10. The predicted octanol–water partition coefficient (Wildman–Crippen LogP) is 4.36. The quantitative estimate of drug-likeness (QED) is 0.382. The highest BCUT2D eigenvalue weighted by Gasteiger charge is 2.39. The summed E-state index contributed by atoms with van der Waals surface area (Å²) >= 11 is 1.74. The van der Waals surface area contributed by atoms with Crippen molar-refractivity contribution in [3.63, 3.8) is 0 Å². The van der Waals surface area contributed by atoms with Gasteiger partial charge in [-0.2, -0.15) is 0 Å². The summed E-state index contributed by atoms with van der Waals surface area (Å²) in [5, 5.41) is 13.5. The maximum absolute atomic E-state index is 5.46. The van der Waals surface area contributed by atoms with Gasteiger partial charge in [0.25, 0.3) is 0 Å². The smallest absolute Gasteiger partial charge is 0.192 e. The van der Waals surface area contributed by atoms with Gasteiger partial charge in [-0.1, -0.05) is 35.0 Å². The first-order valence-corrected chi connectivity index (χ1v) is 11.2. The minimum atomic E-state index is -0.115. The molecule has 5 rings (SSSR count). The van der Waals surface area contributed by atoms with E-state index in [0.717, 1.165) is 27.8 Å². The van der Waals surface area contributed by atoms with Crippen LogP contribution in [0.1, 0.15) is 55.1 Å². The number of aromatic nitrogens is 4. The molecule has 4 heterocycles. The fraction of sp³-hybridized carbons (Fsp3) is 0.391. The summed E-state index contributed by atoms with van der Waals surface area (Å²) < 4.78 is 1.75. The van der Waals surface area contributed by atoms with Gasteiger partial charge < -0.3 is 10.2 Å². The van der Waals surface area contributed by atoms with E-state index in [4.69, 9.17) is 9.82 Å². The normalized spacial score (nSPS) is 17.5. The van der Waals surface area contributed by atoms with Gasteiger partial charge in [-0.05, 0) is 52.2 Å². The number of oxime groups is 1. The van der Waals surface area contributed by atoms with E-state index in [1.54, 1.807) is 28.4 Å². The third-order valence-corrected chi connectivity index (χ3v) is 7.02. The third kappa shape index (κ3) is 3.70. The van der Waals surface area contributed by atoms with Gasteiger partial charge in [0.05, 0.1) is 11.6 Å². The van der Waals surface area contributed by atoms with E-state index in [-0.39, 0.29) is 17.7 Å². The van der Waals surface area contributed by atoms with E-state index >= 15 is 0 Å². The average molecular weight is 435 g/mol. The molecule has 1 aliphatic rings. The van der Waals surface area contributed by atoms with Gasteiger partial charge in [0.1, 0.15) is 11.2 Å². The van der Waals surface area contributed by atoms with E-state index in [2.05, 4.69) is 55.2 Å². The molecule has 1 aliphatic heterocycles. The van der Waals surface area contributed by atoms with E-state index < -0.39 is 0 Å². The van der Waals surface area contributed by atoms with Crippen LogP contribution >= 0.6 is 11.3 Å². The maximum atomic E-state index is 5.46. The van der Waals surface area contributed by atoms with Crippen LogP contribution in [-0.4, -0.2) is 31.3 Å². The molecule has 0 unspecified atom stereocenters. The Hall–Kier alpha value is -2.84. The first-order valence-electron chi connectivity index (χ1n) is 10.4. The van der Waals surface area contributed by atoms with Crippen LogP contribution in [0.4, 0.5) is 0 Å². The van der Waals surface area contributed by atoms with Crippen LogP contribution in [0.5, 0.6) is 0 Å². The Morgan fingerprint density at radius 1 is 1.23 bits per heavy atom. The first-order chi connectivity index (χ1) is 14.7. The third-order valence-electron chi connectivity index (χ3n) is 5.56. The molecule has 0 fully saturated rings. The molecule has 0 spiro atoms. The standard InChI is InChI=1S/C23H26N6OS/c1-14-6-8-15(9-7-14)11-25-30-12-17-26-20-18-16-10-22(2,3)28-23(4,5)19(16)31-21(18)24-13-29(20)27-17/h6-9,11,13,28H,10,12H2,1-5H3/b25-11-. The largest absolute Gasteiger partial charge is 0.387 e. The van der Waals surface area contributed by atoms with Crippen LogP contribution in [0.3, 0.4) is 0 Å². The Balaban J connectivity index is 1.45. The lowest BCUT2D eigenvalue weighted by atomic mass is 9.82. The monoisotopic (exact) mass is 434 g/mol. The topological polar surface area (TPSA) is 76.7 Å². The molecular weight excluding hydrogens is 408 g/mol. The summed E-state index contributed by atoms with van der Waals surface area (Å²) in [5.74, 6) is 0.586. The molecule has 7 nitrogen and oxygen atoms in total. The van der Waals surface area contributed by atoms with Crippen LogP contribution in [-0.2, 0) is 23.4 Å². The number of hydrogen-bond donors (Lipinski definition) is 1. The number of benzene rings is 1. The highest BCUT2D eigenvalue weighted by Crippen LogP contribution is 2.44. The number of hydrogen-bond acceptors (Lipinski definition) is 7. The van der Waals surface area contributed by atoms with Gasteiger partial charge in [0.15, 0.2) is 18.1 Å². The molecule has 160 valence electrons. The minimum absolute atomic E-state index is 0.00596. The number of nitrogens with zero attached hydrogens (tertiary/aromatic N) is 5. The summed E-state index contributed by atoms with van der Waals surface area (Å²) in [6.45, 7) is 11.2. The molecule has 31 heavy (non-hydrogen) atoms. The molecule has 1 aromatic carbocycles. The predicted molar refractivity (Wildman–Crippen MR) is 124 cm³/mol. The zero-order valence-electron chi connectivity index (χ0n) is 18.4. The summed E-state index contributed by atoms with van der Waals surface area (Å²) in [6.07, 6.45) is 4.35. The summed E-state index contributed by atoms with van der Waals surface area (Å²) in [4.78, 5) is 17.2. The molecule has 0 saturated heterocycles. The lowest BCUT2D eigenvalue weighted by molar-refractivity contribution is 0.126. The minimum Gasteiger partial charge on any atom is -0.387 e. The zero-order valence-corrected chi connectivity index (χ0v) is 19.2. The lowest BCUT2D eigenvalue weighted by Crippen LogP contribution is -2.54. The number of nitrogens with one attached hydrogen (secondary N) is 1. The van der Waals surface area contributed by atoms with Crippen LogP contribution in [0.15, 0.2) is 35.7 Å². The van der Waals surface area contributed by atoms with Crippen molar-refractivity contribution in [3.8, 4) is 0 Å². The molecule has 0 amide bonds. The highest BCUT2D eigenvalue weighted by atomic mass is 32.1. The van der Waals surface area contributed by atoms with Crippen molar-refractivity contribution in [2.75, 3.05) is 0 Å². The van der Waals surface area contributed by atoms with Crippen molar-refractivity contribution in [2.45, 2.75) is 58.7 Å². The molecule has 0 aliphatic carbocycles. The second-order valence-electron chi connectivity index (χ2n) is 9.36. The van der Waals surface area contributed by atoms with Gasteiger partial charge in [-0.15, -0.1) is 16.4 Å². The van der Waals surface area contributed by atoms with Crippen molar-refractivity contribution in [1.82, 2.24) is 24.9 Å². The van der Waals surface area contributed by atoms with E-state index in [0.29, 0.717) is 5.82 Å². The first kappa shape index (κ1) is 20.1. The van der Waals surface area contributed by atoms with Crippen molar-refractivity contribution in [1.29, 1.82) is 0 Å². The van der Waals surface area contributed by atoms with Gasteiger partial charge in [-0.3, -0.25) is 0 Å². The van der Waals surface area contributed by atoms with E-state index in [9.17, 15) is 0 Å². The molecule has 4 aromatic rings. The van der Waals surface area contributed by atoms with Crippen molar-refractivity contribution < 1.29 is 4.84 Å². The molecule has 3 aromatic heterocycles. The van der Waals surface area contributed by atoms with E-state index in [1.165, 1.54) is 16.0 Å². The van der Waals surface area contributed by atoms with Crippen LogP contribution in [0, 0.1) is 6.92 Å². The molecular formula is C23H26N6OS. The Kier molecular flexibility index (Phi) is 4.60. The number of thiophene rings is 1. The van der Waals surface area contributed by atoms with Crippen LogP contribution in [0.2, 0.25) is 0 Å². The molecule has 0 saturated carbocycles. The average Bonchev–Trinajstić information content (AvgIpc) is 3.26. The maximum Gasteiger partial charge on any atom is 0.192 e. The number of fused-ring (bicyclic) bond motifs is 5. The Labute approximate surface area is 185 Å². The fourth-order valence-electron chi connectivity index (χ4n) is 4.47. The fourth-order valence-corrected chi connectivity index (χ4v) is 5.68. The molecule has 1 N–H and O–H groups in total. The molecule has 0 bridgehead atoms. The molecule has 8 heteroatoms. The number of rotatable bonds is 4. The Morgan fingerprint density at radius 3 is 2.77 bits per heavy atom. The SMILES string of the molecule is Cc1ccc(/C=N\OCc2nc3c4c5c(sc4ncn3n2)C(C)(C)NC(C)(C)C5)cc1. The van der Waals surface area contributed by atoms with Crippen molar-refractivity contribution in [2.24, 2.45) is 5.16 Å². The lowest BCUT2D eigenvalue weighted by Gasteiger charge is -2.42. The number of aryl methyl sites for hydroxylation is 1. The Bertz CT molecular complexity index is 1300. The van der Waals surface area contributed by atoms with Gasteiger partial charge in [-0.25, -0.2) is 14.5 Å². The van der Waals surface area contributed by atoms with Gasteiger partial charge in [0.2, 0.25) is 0 Å². The van der Waals surface area contributed by atoms with Crippen LogP contribution < -0.4 is 5.32 Å². The van der Waals surface area contributed by atoms with Crippen molar-refractivity contribution >= 4 is 33.4 Å². The summed E-state index contributed by atoms with van der Waals surface area (Å²) in [5.41, 5.74) is 4.24. The summed E-state index contributed by atoms with van der Waals surface area (Å²) in [7, 11) is 0. The van der Waals surface area contributed by atoms with E-state index in [1.807, 2.05) is 24.3 Å². The molecule has 0 radical (unpaired) electrons. The Morgan fingerprint density at radius 2 is 2.00 bits per heavy atom.